The van der Waals surface area contributed by atoms with Gasteiger partial charge in [-0.25, -0.2) is 0 Å². The van der Waals surface area contributed by atoms with Crippen molar-refractivity contribution in [3.63, 3.8) is 0 Å². The molecule has 3 atom stereocenters. The van der Waals surface area contributed by atoms with E-state index in [4.69, 9.17) is 0 Å². The predicted molar refractivity (Wildman–Crippen MR) is 67.2 cm³/mol. The molecule has 0 spiro atoms. The van der Waals surface area contributed by atoms with Gasteiger partial charge >= 0.3 is 0 Å². The molecule has 1 aliphatic carbocycles. The molecule has 1 N–H and O–H groups in total. The highest BCUT2D eigenvalue weighted by Gasteiger charge is 2.25. The molecule has 3 unspecified atom stereocenters. The van der Waals surface area contributed by atoms with Gasteiger partial charge in [0.1, 0.15) is 0 Å². The quantitative estimate of drug-likeness (QED) is 0.728. The Hall–Kier alpha value is -0.0800. The van der Waals surface area contributed by atoms with E-state index in [-0.39, 0.29) is 0 Å². The molecule has 0 heterocycles. The van der Waals surface area contributed by atoms with Crippen molar-refractivity contribution in [2.75, 3.05) is 20.6 Å². The molecule has 1 saturated carbocycles. The molecule has 0 bridgehead atoms. The van der Waals surface area contributed by atoms with Crippen LogP contribution in [-0.2, 0) is 0 Å². The molecular formula is C13H28N2. The van der Waals surface area contributed by atoms with Gasteiger partial charge in [-0.3, -0.25) is 0 Å². The Kier molecular flexibility index (Phi) is 5.62. The van der Waals surface area contributed by atoms with E-state index in [0.717, 1.165) is 18.0 Å². The molecule has 15 heavy (non-hydrogen) atoms. The smallest absolute Gasteiger partial charge is 0.0105 e. The molecule has 0 radical (unpaired) electrons. The number of nitrogens with one attached hydrogen (secondary N) is 1. The standard InChI is InChI=1S/C13H28N2/c1-5-6-11(2)10-14-12-7-8-13(9-12)15(3)4/h11-14H,5-10H2,1-4H3. The van der Waals surface area contributed by atoms with Crippen molar-refractivity contribution in [3.05, 3.63) is 0 Å². The zero-order valence-electron chi connectivity index (χ0n) is 10.9. The summed E-state index contributed by atoms with van der Waals surface area (Å²) in [6.07, 6.45) is 6.74. The Morgan fingerprint density at radius 1 is 1.33 bits per heavy atom. The van der Waals surface area contributed by atoms with Gasteiger partial charge in [-0.2, -0.15) is 0 Å². The van der Waals surface area contributed by atoms with E-state index in [1.807, 2.05) is 0 Å². The van der Waals surface area contributed by atoms with Gasteiger partial charge in [0.25, 0.3) is 0 Å². The Bertz CT molecular complexity index is 168. The maximum Gasteiger partial charge on any atom is 0.0105 e. The van der Waals surface area contributed by atoms with Crippen molar-refractivity contribution in [2.24, 2.45) is 5.92 Å². The Balaban J connectivity index is 2.13. The maximum atomic E-state index is 3.72. The zero-order valence-corrected chi connectivity index (χ0v) is 10.9. The minimum Gasteiger partial charge on any atom is -0.314 e. The zero-order chi connectivity index (χ0) is 11.3. The summed E-state index contributed by atoms with van der Waals surface area (Å²) in [5.74, 6) is 0.841. The van der Waals surface area contributed by atoms with Gasteiger partial charge in [-0.15, -0.1) is 0 Å². The van der Waals surface area contributed by atoms with E-state index in [9.17, 15) is 0 Å². The third-order valence-corrected chi connectivity index (χ3v) is 3.67. The van der Waals surface area contributed by atoms with Crippen molar-refractivity contribution in [2.45, 2.75) is 58.0 Å². The van der Waals surface area contributed by atoms with Crippen LogP contribution in [0.15, 0.2) is 0 Å². The highest BCUT2D eigenvalue weighted by molar-refractivity contribution is 4.85. The average molecular weight is 212 g/mol. The van der Waals surface area contributed by atoms with Crippen LogP contribution in [0.5, 0.6) is 0 Å². The molecule has 1 aliphatic rings. The topological polar surface area (TPSA) is 15.3 Å². The van der Waals surface area contributed by atoms with Crippen molar-refractivity contribution in [1.82, 2.24) is 10.2 Å². The second kappa shape index (κ2) is 6.49. The first-order valence-electron chi connectivity index (χ1n) is 6.53. The SMILES string of the molecule is CCCC(C)CNC1CCC(N(C)C)C1. The van der Waals surface area contributed by atoms with E-state index >= 15 is 0 Å². The first-order valence-corrected chi connectivity index (χ1v) is 6.53. The van der Waals surface area contributed by atoms with Gasteiger partial charge in [0, 0.05) is 12.1 Å². The largest absolute Gasteiger partial charge is 0.314 e. The van der Waals surface area contributed by atoms with Crippen LogP contribution < -0.4 is 5.32 Å². The van der Waals surface area contributed by atoms with E-state index in [1.165, 1.54) is 38.6 Å². The fourth-order valence-corrected chi connectivity index (χ4v) is 2.57. The number of hydrogen-bond donors (Lipinski definition) is 1. The molecule has 2 nitrogen and oxygen atoms in total. The van der Waals surface area contributed by atoms with Crippen LogP contribution in [0.25, 0.3) is 0 Å². The second-order valence-electron chi connectivity index (χ2n) is 5.43. The summed E-state index contributed by atoms with van der Waals surface area (Å²) in [6, 6.07) is 1.58. The lowest BCUT2D eigenvalue weighted by Crippen LogP contribution is -2.33. The Morgan fingerprint density at radius 2 is 2.07 bits per heavy atom. The molecule has 0 aromatic heterocycles. The summed E-state index contributed by atoms with van der Waals surface area (Å²) < 4.78 is 0. The third kappa shape index (κ3) is 4.52. The summed E-state index contributed by atoms with van der Waals surface area (Å²) >= 11 is 0. The molecular weight excluding hydrogens is 184 g/mol. The first kappa shape index (κ1) is 13.0. The van der Waals surface area contributed by atoms with Crippen molar-refractivity contribution >= 4 is 0 Å². The minimum atomic E-state index is 0.775. The molecule has 1 rings (SSSR count). The molecule has 90 valence electrons. The van der Waals surface area contributed by atoms with Gasteiger partial charge in [-0.05, 0) is 52.2 Å². The van der Waals surface area contributed by atoms with E-state index < -0.39 is 0 Å². The first-order chi connectivity index (χ1) is 7.13. The van der Waals surface area contributed by atoms with Crippen LogP contribution in [0.3, 0.4) is 0 Å². The fraction of sp³-hybridized carbons (Fsp3) is 1.00. The molecule has 0 aromatic carbocycles. The lowest BCUT2D eigenvalue weighted by atomic mass is 10.1. The van der Waals surface area contributed by atoms with E-state index in [2.05, 4.69) is 38.2 Å². The highest BCUT2D eigenvalue weighted by Crippen LogP contribution is 2.22. The Morgan fingerprint density at radius 3 is 2.60 bits per heavy atom. The normalized spacial score (nSPS) is 28.6. The minimum absolute atomic E-state index is 0.775. The molecule has 2 heteroatoms. The van der Waals surface area contributed by atoms with Crippen LogP contribution in [0.4, 0.5) is 0 Å². The lowest BCUT2D eigenvalue weighted by molar-refractivity contribution is 0.291. The predicted octanol–water partition coefficient (Wildman–Crippen LogP) is 2.49. The number of hydrogen-bond acceptors (Lipinski definition) is 2. The van der Waals surface area contributed by atoms with Crippen LogP contribution in [0.1, 0.15) is 46.0 Å². The summed E-state index contributed by atoms with van der Waals surface area (Å²) in [5.41, 5.74) is 0. The summed E-state index contributed by atoms with van der Waals surface area (Å²) in [5, 5.41) is 3.72. The van der Waals surface area contributed by atoms with E-state index in [1.54, 1.807) is 0 Å². The summed E-state index contributed by atoms with van der Waals surface area (Å²) in [7, 11) is 4.40. The Labute approximate surface area is 95.4 Å². The molecule has 0 aliphatic heterocycles. The average Bonchev–Trinajstić information content (AvgIpc) is 2.63. The van der Waals surface area contributed by atoms with Crippen molar-refractivity contribution < 1.29 is 0 Å². The third-order valence-electron chi connectivity index (χ3n) is 3.67. The lowest BCUT2D eigenvalue weighted by Gasteiger charge is -2.20. The maximum absolute atomic E-state index is 3.72. The van der Waals surface area contributed by atoms with Gasteiger partial charge < -0.3 is 10.2 Å². The highest BCUT2D eigenvalue weighted by atomic mass is 15.1. The molecule has 0 aromatic rings. The van der Waals surface area contributed by atoms with Crippen molar-refractivity contribution in [3.8, 4) is 0 Å². The molecule has 0 saturated heterocycles. The fourth-order valence-electron chi connectivity index (χ4n) is 2.57. The van der Waals surface area contributed by atoms with Gasteiger partial charge in [0.05, 0.1) is 0 Å². The van der Waals surface area contributed by atoms with E-state index in [0.29, 0.717) is 0 Å². The van der Waals surface area contributed by atoms with Crippen LogP contribution in [0, 0.1) is 5.92 Å². The summed E-state index contributed by atoms with van der Waals surface area (Å²) in [6.45, 7) is 5.83. The monoisotopic (exact) mass is 212 g/mol. The van der Waals surface area contributed by atoms with Crippen molar-refractivity contribution in [1.29, 1.82) is 0 Å². The number of rotatable bonds is 6. The molecule has 0 amide bonds. The number of nitrogens with zero attached hydrogens (tertiary/aromatic N) is 1. The summed E-state index contributed by atoms with van der Waals surface area (Å²) in [4.78, 5) is 2.37. The van der Waals surface area contributed by atoms with Crippen LogP contribution in [0.2, 0.25) is 0 Å². The molecule has 1 fully saturated rings. The van der Waals surface area contributed by atoms with Crippen LogP contribution >= 0.6 is 0 Å². The van der Waals surface area contributed by atoms with Gasteiger partial charge in [0.15, 0.2) is 0 Å². The van der Waals surface area contributed by atoms with Crippen LogP contribution in [-0.4, -0.2) is 37.6 Å². The van der Waals surface area contributed by atoms with Gasteiger partial charge in [-0.1, -0.05) is 20.3 Å². The van der Waals surface area contributed by atoms with Gasteiger partial charge in [0.2, 0.25) is 0 Å². The second-order valence-corrected chi connectivity index (χ2v) is 5.43.